The van der Waals surface area contributed by atoms with Crippen molar-refractivity contribution < 1.29 is 9.84 Å². The average Bonchev–Trinajstić information content (AvgIpc) is 2.56. The number of nitriles is 1. The molecule has 1 aromatic rings. The first kappa shape index (κ1) is 17.7. The number of ether oxygens (including phenoxy) is 1. The topological polar surface area (TPSA) is 68.5 Å². The van der Waals surface area contributed by atoms with Crippen molar-refractivity contribution in [2.75, 3.05) is 33.3 Å². The molecule has 1 aliphatic heterocycles. The van der Waals surface area contributed by atoms with E-state index in [0.29, 0.717) is 24.4 Å². The van der Waals surface area contributed by atoms with Gasteiger partial charge in [0.2, 0.25) is 0 Å². The Balaban J connectivity index is 1.73. The van der Waals surface area contributed by atoms with E-state index in [1.165, 1.54) is 12.8 Å². The fraction of sp³-hybridized carbons (Fsp3) is 0.611. The highest BCUT2D eigenvalue weighted by atomic mass is 16.5. The maximum absolute atomic E-state index is 10.2. The van der Waals surface area contributed by atoms with Gasteiger partial charge in [0.1, 0.15) is 11.8 Å². The summed E-state index contributed by atoms with van der Waals surface area (Å²) in [4.78, 5) is 2.34. The lowest BCUT2D eigenvalue weighted by molar-refractivity contribution is 0.0907. The Morgan fingerprint density at radius 3 is 2.83 bits per heavy atom. The third-order valence-corrected chi connectivity index (χ3v) is 4.44. The summed E-state index contributed by atoms with van der Waals surface area (Å²) in [5.74, 6) is 1.40. The minimum atomic E-state index is -0.364. The minimum Gasteiger partial charge on any atom is -0.495 e. The van der Waals surface area contributed by atoms with Gasteiger partial charge < -0.3 is 20.1 Å². The fourth-order valence-corrected chi connectivity index (χ4v) is 2.94. The number of nitrogens with zero attached hydrogens (tertiary/aromatic N) is 2. The first-order valence-corrected chi connectivity index (χ1v) is 8.30. The lowest BCUT2D eigenvalue weighted by Gasteiger charge is -2.31. The Hall–Kier alpha value is -1.61. The van der Waals surface area contributed by atoms with E-state index < -0.39 is 0 Å². The molecule has 2 rings (SSSR count). The molecule has 1 saturated heterocycles. The molecule has 0 amide bonds. The number of aliphatic hydroxyl groups excluding tert-OH is 1. The van der Waals surface area contributed by atoms with Crippen LogP contribution in [0.5, 0.6) is 5.75 Å². The third kappa shape index (κ3) is 5.51. The summed E-state index contributed by atoms with van der Waals surface area (Å²) in [5, 5.41) is 22.5. The molecule has 1 unspecified atom stereocenters. The molecule has 5 nitrogen and oxygen atoms in total. The van der Waals surface area contributed by atoms with E-state index in [4.69, 9.17) is 10.00 Å². The van der Waals surface area contributed by atoms with Gasteiger partial charge in [-0.3, -0.25) is 0 Å². The first-order chi connectivity index (χ1) is 11.1. The van der Waals surface area contributed by atoms with Crippen LogP contribution in [0.4, 0.5) is 0 Å². The number of piperidine rings is 1. The predicted octanol–water partition coefficient (Wildman–Crippen LogP) is 1.75. The standard InChI is InChI=1S/C18H27N3O2/c1-14-5-7-21(8-6-14)13-17(22)12-20-11-15-3-4-18(23-2)16(9-15)10-19/h3-4,9,14,17,20,22H,5-8,11-13H2,1-2H3. The SMILES string of the molecule is COc1ccc(CNCC(O)CN2CCC(C)CC2)cc1C#N. The van der Waals surface area contributed by atoms with Gasteiger partial charge in [0.15, 0.2) is 0 Å². The van der Waals surface area contributed by atoms with Crippen LogP contribution >= 0.6 is 0 Å². The highest BCUT2D eigenvalue weighted by Crippen LogP contribution is 2.19. The van der Waals surface area contributed by atoms with Crippen LogP contribution in [0.1, 0.15) is 30.9 Å². The Morgan fingerprint density at radius 1 is 1.43 bits per heavy atom. The largest absolute Gasteiger partial charge is 0.495 e. The van der Waals surface area contributed by atoms with Crippen molar-refractivity contribution in [1.82, 2.24) is 10.2 Å². The van der Waals surface area contributed by atoms with Crippen LogP contribution in [-0.2, 0) is 6.54 Å². The average molecular weight is 317 g/mol. The predicted molar refractivity (Wildman–Crippen MR) is 90.3 cm³/mol. The lowest BCUT2D eigenvalue weighted by atomic mass is 9.99. The Morgan fingerprint density at radius 2 is 2.17 bits per heavy atom. The Bertz CT molecular complexity index is 534. The lowest BCUT2D eigenvalue weighted by Crippen LogP contribution is -2.41. The van der Waals surface area contributed by atoms with Crippen molar-refractivity contribution in [3.8, 4) is 11.8 Å². The molecule has 0 aromatic heterocycles. The van der Waals surface area contributed by atoms with Gasteiger partial charge >= 0.3 is 0 Å². The van der Waals surface area contributed by atoms with Crippen molar-refractivity contribution in [2.45, 2.75) is 32.4 Å². The molecular weight excluding hydrogens is 290 g/mol. The molecule has 5 heteroatoms. The van der Waals surface area contributed by atoms with Crippen molar-refractivity contribution in [3.63, 3.8) is 0 Å². The molecule has 0 radical (unpaired) electrons. The monoisotopic (exact) mass is 317 g/mol. The van der Waals surface area contributed by atoms with E-state index in [-0.39, 0.29) is 6.10 Å². The van der Waals surface area contributed by atoms with E-state index in [1.807, 2.05) is 12.1 Å². The molecule has 1 aromatic carbocycles. The summed E-state index contributed by atoms with van der Waals surface area (Å²) < 4.78 is 5.14. The van der Waals surface area contributed by atoms with E-state index in [9.17, 15) is 5.11 Å². The fourth-order valence-electron chi connectivity index (χ4n) is 2.94. The number of nitrogens with one attached hydrogen (secondary N) is 1. The minimum absolute atomic E-state index is 0.364. The molecule has 1 heterocycles. The van der Waals surface area contributed by atoms with Gasteiger partial charge in [-0.25, -0.2) is 0 Å². The van der Waals surface area contributed by atoms with Gasteiger partial charge in [-0.2, -0.15) is 5.26 Å². The number of β-amino-alcohol motifs (C(OH)–C–C–N with tert-alkyl or cyclic N) is 1. The van der Waals surface area contributed by atoms with E-state index in [2.05, 4.69) is 23.2 Å². The van der Waals surface area contributed by atoms with E-state index in [1.54, 1.807) is 13.2 Å². The second-order valence-corrected chi connectivity index (χ2v) is 6.41. The molecule has 0 aliphatic carbocycles. The zero-order valence-electron chi connectivity index (χ0n) is 14.1. The number of rotatable bonds is 7. The van der Waals surface area contributed by atoms with Gasteiger partial charge in [-0.15, -0.1) is 0 Å². The number of hydrogen-bond acceptors (Lipinski definition) is 5. The molecule has 0 spiro atoms. The zero-order chi connectivity index (χ0) is 16.7. The summed E-state index contributed by atoms with van der Waals surface area (Å²) in [6, 6.07) is 7.70. The quantitative estimate of drug-likeness (QED) is 0.802. The molecule has 1 atom stereocenters. The van der Waals surface area contributed by atoms with Gasteiger partial charge in [-0.05, 0) is 49.5 Å². The smallest absolute Gasteiger partial charge is 0.136 e. The molecule has 1 aliphatic rings. The zero-order valence-corrected chi connectivity index (χ0v) is 14.1. The van der Waals surface area contributed by atoms with Crippen LogP contribution in [-0.4, -0.2) is 49.4 Å². The van der Waals surface area contributed by atoms with Crippen molar-refractivity contribution in [3.05, 3.63) is 29.3 Å². The summed E-state index contributed by atoms with van der Waals surface area (Å²) >= 11 is 0. The summed E-state index contributed by atoms with van der Waals surface area (Å²) in [5.41, 5.74) is 1.55. The Kier molecular flexibility index (Phi) is 6.85. The summed E-state index contributed by atoms with van der Waals surface area (Å²) in [7, 11) is 1.56. The van der Waals surface area contributed by atoms with E-state index in [0.717, 1.165) is 31.1 Å². The first-order valence-electron chi connectivity index (χ1n) is 8.30. The number of aliphatic hydroxyl groups is 1. The van der Waals surface area contributed by atoms with Crippen LogP contribution in [0.25, 0.3) is 0 Å². The molecular formula is C18H27N3O2. The molecule has 23 heavy (non-hydrogen) atoms. The van der Waals surface area contributed by atoms with Crippen LogP contribution < -0.4 is 10.1 Å². The van der Waals surface area contributed by atoms with Gasteiger partial charge in [0.05, 0.1) is 18.8 Å². The maximum Gasteiger partial charge on any atom is 0.136 e. The second kappa shape index (κ2) is 8.88. The van der Waals surface area contributed by atoms with Gasteiger partial charge in [0, 0.05) is 19.6 Å². The third-order valence-electron chi connectivity index (χ3n) is 4.44. The van der Waals surface area contributed by atoms with Gasteiger partial charge in [-0.1, -0.05) is 13.0 Å². The molecule has 1 fully saturated rings. The number of likely N-dealkylation sites (tertiary alicyclic amines) is 1. The van der Waals surface area contributed by atoms with Crippen LogP contribution in [0.2, 0.25) is 0 Å². The van der Waals surface area contributed by atoms with Crippen molar-refractivity contribution >= 4 is 0 Å². The number of hydrogen-bond donors (Lipinski definition) is 2. The van der Waals surface area contributed by atoms with E-state index >= 15 is 0 Å². The number of methoxy groups -OCH3 is 1. The number of benzene rings is 1. The maximum atomic E-state index is 10.2. The highest BCUT2D eigenvalue weighted by molar-refractivity contribution is 5.45. The molecule has 126 valence electrons. The van der Waals surface area contributed by atoms with Crippen LogP contribution in [0, 0.1) is 17.2 Å². The summed E-state index contributed by atoms with van der Waals surface area (Å²) in [6.07, 6.45) is 2.09. The molecule has 0 bridgehead atoms. The van der Waals surface area contributed by atoms with Crippen molar-refractivity contribution in [2.24, 2.45) is 5.92 Å². The van der Waals surface area contributed by atoms with Crippen molar-refractivity contribution in [1.29, 1.82) is 5.26 Å². The van der Waals surface area contributed by atoms with Gasteiger partial charge in [0.25, 0.3) is 0 Å². The van der Waals surface area contributed by atoms with Crippen LogP contribution in [0.3, 0.4) is 0 Å². The van der Waals surface area contributed by atoms with Crippen LogP contribution in [0.15, 0.2) is 18.2 Å². The Labute approximate surface area is 138 Å². The highest BCUT2D eigenvalue weighted by Gasteiger charge is 2.18. The normalized spacial score (nSPS) is 17.7. The second-order valence-electron chi connectivity index (χ2n) is 6.41. The summed E-state index contributed by atoms with van der Waals surface area (Å²) in [6.45, 7) is 6.38. The molecule has 0 saturated carbocycles. The molecule has 2 N–H and O–H groups in total.